The molecule has 0 radical (unpaired) electrons. The predicted octanol–water partition coefficient (Wildman–Crippen LogP) is 2.76. The van der Waals surface area contributed by atoms with Gasteiger partial charge in [-0.05, 0) is 19.1 Å². The molecule has 5 nitrogen and oxygen atoms in total. The lowest BCUT2D eigenvalue weighted by molar-refractivity contribution is 0.571. The summed E-state index contributed by atoms with van der Waals surface area (Å²) in [5.74, 6) is 1.41. The molecular formula is C11H9ClN4O. The Bertz CT molecular complexity index is 659. The SMILES string of the molecule is CCn1c(-c2ccco2)nc2c(Cl)ncnc21. The minimum absolute atomic E-state index is 0.356. The molecule has 0 N–H and O–H groups in total. The smallest absolute Gasteiger partial charge is 0.178 e. The summed E-state index contributed by atoms with van der Waals surface area (Å²) in [5.41, 5.74) is 1.32. The van der Waals surface area contributed by atoms with Gasteiger partial charge in [-0.1, -0.05) is 11.6 Å². The molecule has 0 spiro atoms. The Balaban J connectivity index is 2.36. The molecule has 0 amide bonds. The summed E-state index contributed by atoms with van der Waals surface area (Å²) in [4.78, 5) is 12.6. The zero-order chi connectivity index (χ0) is 11.8. The first-order valence-corrected chi connectivity index (χ1v) is 5.59. The zero-order valence-corrected chi connectivity index (χ0v) is 9.85. The van der Waals surface area contributed by atoms with E-state index in [-0.39, 0.29) is 0 Å². The van der Waals surface area contributed by atoms with Crippen molar-refractivity contribution >= 4 is 22.8 Å². The Morgan fingerprint density at radius 1 is 1.41 bits per heavy atom. The van der Waals surface area contributed by atoms with Crippen LogP contribution in [0.15, 0.2) is 29.1 Å². The molecule has 0 aliphatic carbocycles. The lowest BCUT2D eigenvalue weighted by atomic mass is 10.4. The lowest BCUT2D eigenvalue weighted by Gasteiger charge is -2.01. The fourth-order valence-electron chi connectivity index (χ4n) is 1.80. The van der Waals surface area contributed by atoms with Crippen molar-refractivity contribution in [3.05, 3.63) is 29.9 Å². The van der Waals surface area contributed by atoms with Crippen LogP contribution in [0.4, 0.5) is 0 Å². The average Bonchev–Trinajstić information content (AvgIpc) is 2.95. The van der Waals surface area contributed by atoms with Gasteiger partial charge in [0.1, 0.15) is 11.8 Å². The van der Waals surface area contributed by atoms with Gasteiger partial charge < -0.3 is 8.98 Å². The summed E-state index contributed by atoms with van der Waals surface area (Å²) in [6, 6.07) is 3.68. The first kappa shape index (κ1) is 10.3. The van der Waals surface area contributed by atoms with Gasteiger partial charge in [0, 0.05) is 6.54 Å². The number of aryl methyl sites for hydroxylation is 1. The van der Waals surface area contributed by atoms with Crippen molar-refractivity contribution in [1.82, 2.24) is 19.5 Å². The van der Waals surface area contributed by atoms with Gasteiger partial charge in [-0.3, -0.25) is 0 Å². The number of fused-ring (bicyclic) bond motifs is 1. The number of furan rings is 1. The van der Waals surface area contributed by atoms with Gasteiger partial charge in [0.25, 0.3) is 0 Å². The predicted molar refractivity (Wildman–Crippen MR) is 63.7 cm³/mol. The van der Waals surface area contributed by atoms with Crippen LogP contribution in [0.3, 0.4) is 0 Å². The molecule has 3 heterocycles. The van der Waals surface area contributed by atoms with Crippen LogP contribution in [0.5, 0.6) is 0 Å². The Hall–Kier alpha value is -1.88. The number of hydrogen-bond donors (Lipinski definition) is 0. The van der Waals surface area contributed by atoms with Crippen LogP contribution < -0.4 is 0 Å². The molecule has 0 aliphatic rings. The van der Waals surface area contributed by atoms with Gasteiger partial charge in [-0.15, -0.1) is 0 Å². The van der Waals surface area contributed by atoms with Crippen molar-refractivity contribution < 1.29 is 4.42 Å². The lowest BCUT2D eigenvalue weighted by Crippen LogP contribution is -1.98. The van der Waals surface area contributed by atoms with Crippen LogP contribution in [0.2, 0.25) is 5.15 Å². The van der Waals surface area contributed by atoms with Crippen LogP contribution in [-0.4, -0.2) is 19.5 Å². The summed E-state index contributed by atoms with van der Waals surface area (Å²) < 4.78 is 7.30. The number of imidazole rings is 1. The standard InChI is InChI=1S/C11H9ClN4O/c1-2-16-10(7-4-3-5-17-7)15-8-9(12)13-6-14-11(8)16/h3-6H,2H2,1H3. The van der Waals surface area contributed by atoms with E-state index in [2.05, 4.69) is 15.0 Å². The van der Waals surface area contributed by atoms with E-state index in [4.69, 9.17) is 16.0 Å². The Labute approximate surface area is 102 Å². The van der Waals surface area contributed by atoms with E-state index >= 15 is 0 Å². The fraction of sp³-hybridized carbons (Fsp3) is 0.182. The van der Waals surface area contributed by atoms with E-state index < -0.39 is 0 Å². The summed E-state index contributed by atoms with van der Waals surface area (Å²) in [6.45, 7) is 2.75. The van der Waals surface area contributed by atoms with Gasteiger partial charge in [0.2, 0.25) is 0 Å². The molecule has 0 atom stereocenters. The second kappa shape index (κ2) is 3.85. The highest BCUT2D eigenvalue weighted by Crippen LogP contribution is 2.26. The van der Waals surface area contributed by atoms with Crippen molar-refractivity contribution in [1.29, 1.82) is 0 Å². The molecule has 0 saturated carbocycles. The van der Waals surface area contributed by atoms with Gasteiger partial charge in [0.15, 0.2) is 22.4 Å². The molecule has 86 valence electrons. The Morgan fingerprint density at radius 3 is 3.00 bits per heavy atom. The van der Waals surface area contributed by atoms with Crippen LogP contribution in [0.1, 0.15) is 6.92 Å². The van der Waals surface area contributed by atoms with E-state index in [1.165, 1.54) is 6.33 Å². The van der Waals surface area contributed by atoms with E-state index in [1.54, 1.807) is 6.26 Å². The molecule has 0 aromatic carbocycles. The fourth-order valence-corrected chi connectivity index (χ4v) is 1.97. The molecule has 0 bridgehead atoms. The highest BCUT2D eigenvalue weighted by Gasteiger charge is 2.16. The van der Waals surface area contributed by atoms with Gasteiger partial charge >= 0.3 is 0 Å². The molecule has 3 aromatic rings. The molecule has 0 saturated heterocycles. The quantitative estimate of drug-likeness (QED) is 0.655. The number of rotatable bonds is 2. The normalized spacial score (nSPS) is 11.2. The Kier molecular flexibility index (Phi) is 2.33. The van der Waals surface area contributed by atoms with E-state index in [0.717, 1.165) is 18.0 Å². The Morgan fingerprint density at radius 2 is 2.29 bits per heavy atom. The first-order valence-electron chi connectivity index (χ1n) is 5.22. The first-order chi connectivity index (χ1) is 8.31. The molecule has 0 aliphatic heterocycles. The topological polar surface area (TPSA) is 56.7 Å². The highest BCUT2D eigenvalue weighted by atomic mass is 35.5. The molecule has 0 unspecified atom stereocenters. The van der Waals surface area contributed by atoms with Gasteiger partial charge in [-0.25, -0.2) is 15.0 Å². The van der Waals surface area contributed by atoms with Gasteiger partial charge in [0.05, 0.1) is 6.26 Å². The largest absolute Gasteiger partial charge is 0.461 e. The second-order valence-electron chi connectivity index (χ2n) is 3.49. The van der Waals surface area contributed by atoms with E-state index in [9.17, 15) is 0 Å². The molecular weight excluding hydrogens is 240 g/mol. The zero-order valence-electron chi connectivity index (χ0n) is 9.09. The van der Waals surface area contributed by atoms with Crippen molar-refractivity contribution in [3.8, 4) is 11.6 Å². The van der Waals surface area contributed by atoms with Crippen LogP contribution in [0.25, 0.3) is 22.7 Å². The summed E-state index contributed by atoms with van der Waals surface area (Å²) >= 11 is 6.00. The number of hydrogen-bond acceptors (Lipinski definition) is 4. The maximum absolute atomic E-state index is 6.00. The highest BCUT2D eigenvalue weighted by molar-refractivity contribution is 6.33. The third kappa shape index (κ3) is 1.51. The maximum atomic E-state index is 6.00. The average molecular weight is 249 g/mol. The molecule has 3 rings (SSSR count). The number of halogens is 1. The molecule has 3 aromatic heterocycles. The minimum Gasteiger partial charge on any atom is -0.461 e. The summed E-state index contributed by atoms with van der Waals surface area (Å²) in [5, 5.41) is 0.356. The van der Waals surface area contributed by atoms with Crippen molar-refractivity contribution in [2.75, 3.05) is 0 Å². The van der Waals surface area contributed by atoms with Crippen molar-refractivity contribution in [2.45, 2.75) is 13.5 Å². The monoisotopic (exact) mass is 248 g/mol. The third-order valence-electron chi connectivity index (χ3n) is 2.55. The summed E-state index contributed by atoms with van der Waals surface area (Å²) in [7, 11) is 0. The van der Waals surface area contributed by atoms with E-state index in [0.29, 0.717) is 16.4 Å². The maximum Gasteiger partial charge on any atom is 0.178 e. The van der Waals surface area contributed by atoms with Crippen LogP contribution >= 0.6 is 11.6 Å². The van der Waals surface area contributed by atoms with Crippen molar-refractivity contribution in [3.63, 3.8) is 0 Å². The molecule has 0 fully saturated rings. The number of aromatic nitrogens is 4. The van der Waals surface area contributed by atoms with E-state index in [1.807, 2.05) is 23.6 Å². The summed E-state index contributed by atoms with van der Waals surface area (Å²) in [6.07, 6.45) is 3.05. The van der Waals surface area contributed by atoms with Crippen LogP contribution in [-0.2, 0) is 6.54 Å². The molecule has 17 heavy (non-hydrogen) atoms. The van der Waals surface area contributed by atoms with Crippen molar-refractivity contribution in [2.24, 2.45) is 0 Å². The second-order valence-corrected chi connectivity index (χ2v) is 3.85. The molecule has 6 heteroatoms. The third-order valence-corrected chi connectivity index (χ3v) is 2.82. The minimum atomic E-state index is 0.356. The number of nitrogens with zero attached hydrogens (tertiary/aromatic N) is 4. The van der Waals surface area contributed by atoms with Crippen LogP contribution in [0, 0.1) is 0 Å². The van der Waals surface area contributed by atoms with Gasteiger partial charge in [-0.2, -0.15) is 0 Å².